The van der Waals surface area contributed by atoms with Gasteiger partial charge in [-0.2, -0.15) is 11.3 Å². The van der Waals surface area contributed by atoms with Crippen molar-refractivity contribution in [1.82, 2.24) is 4.98 Å². The lowest BCUT2D eigenvalue weighted by Gasteiger charge is -1.99. The summed E-state index contributed by atoms with van der Waals surface area (Å²) in [6.45, 7) is 1.97. The highest BCUT2D eigenvalue weighted by Gasteiger charge is 2.16. The number of aromatic amines is 1. The topological polar surface area (TPSA) is 32.9 Å². The van der Waals surface area contributed by atoms with Crippen molar-refractivity contribution in [2.24, 2.45) is 0 Å². The second-order valence-electron chi connectivity index (χ2n) is 4.19. The summed E-state index contributed by atoms with van der Waals surface area (Å²) in [6.07, 6.45) is 1.79. The first-order valence-electron chi connectivity index (χ1n) is 5.51. The van der Waals surface area contributed by atoms with Crippen LogP contribution in [0.1, 0.15) is 21.5 Å². The molecule has 3 aromatic rings. The summed E-state index contributed by atoms with van der Waals surface area (Å²) < 4.78 is 0.977. The second kappa shape index (κ2) is 4.37. The van der Waals surface area contributed by atoms with E-state index < -0.39 is 0 Å². The second-order valence-corrected chi connectivity index (χ2v) is 5.85. The number of carbonyl (C=O) groups is 1. The van der Waals surface area contributed by atoms with Gasteiger partial charge in [-0.3, -0.25) is 4.79 Å². The van der Waals surface area contributed by atoms with Crippen LogP contribution in [0, 0.1) is 6.92 Å². The third kappa shape index (κ3) is 1.82. The molecule has 3 rings (SSSR count). The number of rotatable bonds is 2. The first-order valence-corrected chi connectivity index (χ1v) is 7.24. The fraction of sp³-hybridized carbons (Fsp3) is 0.0714. The molecule has 0 unspecified atom stereocenters. The van der Waals surface area contributed by atoms with Gasteiger partial charge < -0.3 is 4.98 Å². The van der Waals surface area contributed by atoms with E-state index in [4.69, 9.17) is 0 Å². The maximum atomic E-state index is 12.5. The van der Waals surface area contributed by atoms with Crippen LogP contribution in [-0.2, 0) is 0 Å². The van der Waals surface area contributed by atoms with Crippen molar-refractivity contribution in [2.45, 2.75) is 6.92 Å². The predicted octanol–water partition coefficient (Wildman–Crippen LogP) is 4.53. The highest BCUT2D eigenvalue weighted by Crippen LogP contribution is 2.26. The first kappa shape index (κ1) is 11.7. The largest absolute Gasteiger partial charge is 0.360 e. The van der Waals surface area contributed by atoms with E-state index in [0.717, 1.165) is 32.1 Å². The standard InChI is InChI=1S/C14H10BrNOS/c1-8-6-18-7-12(8)14(17)11-5-16-13-3-2-9(15)4-10(11)13/h2-7,16H,1H3. The molecular weight excluding hydrogens is 310 g/mol. The average molecular weight is 320 g/mol. The molecule has 4 heteroatoms. The zero-order valence-corrected chi connectivity index (χ0v) is 12.1. The van der Waals surface area contributed by atoms with Crippen LogP contribution >= 0.6 is 27.3 Å². The van der Waals surface area contributed by atoms with E-state index in [-0.39, 0.29) is 5.78 Å². The van der Waals surface area contributed by atoms with Crippen molar-refractivity contribution in [3.05, 3.63) is 56.3 Å². The molecule has 1 N–H and O–H groups in total. The molecule has 0 saturated carbocycles. The number of nitrogens with one attached hydrogen (secondary N) is 1. The normalized spacial score (nSPS) is 11.0. The zero-order chi connectivity index (χ0) is 12.7. The van der Waals surface area contributed by atoms with E-state index in [0.29, 0.717) is 0 Å². The van der Waals surface area contributed by atoms with Crippen molar-refractivity contribution < 1.29 is 4.79 Å². The van der Waals surface area contributed by atoms with Gasteiger partial charge >= 0.3 is 0 Å². The number of ketones is 1. The van der Waals surface area contributed by atoms with Gasteiger partial charge in [-0.05, 0) is 36.1 Å². The summed E-state index contributed by atoms with van der Waals surface area (Å²) >= 11 is 5.00. The smallest absolute Gasteiger partial charge is 0.196 e. The molecule has 0 aliphatic carbocycles. The first-order chi connectivity index (χ1) is 8.66. The van der Waals surface area contributed by atoms with E-state index in [2.05, 4.69) is 20.9 Å². The van der Waals surface area contributed by atoms with Crippen LogP contribution in [0.15, 0.2) is 39.6 Å². The van der Waals surface area contributed by atoms with Crippen molar-refractivity contribution in [1.29, 1.82) is 0 Å². The van der Waals surface area contributed by atoms with Crippen LogP contribution in [0.25, 0.3) is 10.9 Å². The van der Waals surface area contributed by atoms with Gasteiger partial charge in [0.05, 0.1) is 0 Å². The molecule has 90 valence electrons. The number of aromatic nitrogens is 1. The fourth-order valence-corrected chi connectivity index (χ4v) is 3.21. The highest BCUT2D eigenvalue weighted by atomic mass is 79.9. The quantitative estimate of drug-likeness (QED) is 0.691. The van der Waals surface area contributed by atoms with E-state index in [1.807, 2.05) is 35.9 Å². The molecule has 2 nitrogen and oxygen atoms in total. The van der Waals surface area contributed by atoms with Gasteiger partial charge in [-0.1, -0.05) is 15.9 Å². The Morgan fingerprint density at radius 1 is 1.28 bits per heavy atom. The molecule has 18 heavy (non-hydrogen) atoms. The molecule has 0 fully saturated rings. The minimum Gasteiger partial charge on any atom is -0.360 e. The monoisotopic (exact) mass is 319 g/mol. The number of H-pyrrole nitrogens is 1. The Morgan fingerprint density at radius 2 is 2.11 bits per heavy atom. The third-order valence-electron chi connectivity index (χ3n) is 2.99. The summed E-state index contributed by atoms with van der Waals surface area (Å²) in [6, 6.07) is 5.90. The maximum absolute atomic E-state index is 12.5. The van der Waals surface area contributed by atoms with Crippen LogP contribution in [0.3, 0.4) is 0 Å². The van der Waals surface area contributed by atoms with Gasteiger partial charge in [0, 0.05) is 38.1 Å². The Bertz CT molecular complexity index is 741. The van der Waals surface area contributed by atoms with Gasteiger partial charge in [0.25, 0.3) is 0 Å². The molecular formula is C14H10BrNOS. The minimum atomic E-state index is 0.0816. The number of benzene rings is 1. The highest BCUT2D eigenvalue weighted by molar-refractivity contribution is 9.10. The summed E-state index contributed by atoms with van der Waals surface area (Å²) in [5.41, 5.74) is 3.54. The van der Waals surface area contributed by atoms with Crippen molar-refractivity contribution in [3.8, 4) is 0 Å². The maximum Gasteiger partial charge on any atom is 0.196 e. The molecule has 0 saturated heterocycles. The SMILES string of the molecule is Cc1cscc1C(=O)c1c[nH]c2ccc(Br)cc12. The summed E-state index contributed by atoms with van der Waals surface area (Å²) in [7, 11) is 0. The summed E-state index contributed by atoms with van der Waals surface area (Å²) in [5, 5.41) is 4.87. The van der Waals surface area contributed by atoms with Crippen molar-refractivity contribution in [3.63, 3.8) is 0 Å². The number of hydrogen-bond donors (Lipinski definition) is 1. The van der Waals surface area contributed by atoms with E-state index in [9.17, 15) is 4.79 Å². The van der Waals surface area contributed by atoms with E-state index in [1.165, 1.54) is 0 Å². The molecule has 0 amide bonds. The van der Waals surface area contributed by atoms with Gasteiger partial charge in [0.2, 0.25) is 0 Å². The fourth-order valence-electron chi connectivity index (χ4n) is 2.02. The molecule has 0 aliphatic heterocycles. The Kier molecular flexibility index (Phi) is 2.84. The Morgan fingerprint density at radius 3 is 2.83 bits per heavy atom. The molecule has 2 heterocycles. The molecule has 0 aliphatic rings. The number of carbonyl (C=O) groups excluding carboxylic acids is 1. The predicted molar refractivity (Wildman–Crippen MR) is 78.5 cm³/mol. The zero-order valence-electron chi connectivity index (χ0n) is 9.66. The van der Waals surface area contributed by atoms with Crippen molar-refractivity contribution in [2.75, 3.05) is 0 Å². The number of aryl methyl sites for hydroxylation is 1. The molecule has 1 aromatic carbocycles. The lowest BCUT2D eigenvalue weighted by atomic mass is 10.0. The van der Waals surface area contributed by atoms with E-state index >= 15 is 0 Å². The molecule has 2 aromatic heterocycles. The van der Waals surface area contributed by atoms with Crippen LogP contribution in [0.2, 0.25) is 0 Å². The Balaban J connectivity index is 2.18. The number of fused-ring (bicyclic) bond motifs is 1. The number of thiophene rings is 1. The van der Waals surface area contributed by atoms with Gasteiger partial charge in [-0.15, -0.1) is 0 Å². The molecule has 0 atom stereocenters. The molecule has 0 radical (unpaired) electrons. The number of hydrogen-bond acceptors (Lipinski definition) is 2. The molecule has 0 bridgehead atoms. The number of halogens is 1. The lowest BCUT2D eigenvalue weighted by molar-refractivity contribution is 0.104. The Labute approximate surface area is 117 Å². The van der Waals surface area contributed by atoms with Gasteiger partial charge in [0.1, 0.15) is 0 Å². The van der Waals surface area contributed by atoms with Crippen LogP contribution in [0.4, 0.5) is 0 Å². The summed E-state index contributed by atoms with van der Waals surface area (Å²) in [4.78, 5) is 15.6. The Hall–Kier alpha value is -1.39. The van der Waals surface area contributed by atoms with Crippen molar-refractivity contribution >= 4 is 44.0 Å². The third-order valence-corrected chi connectivity index (χ3v) is 4.34. The van der Waals surface area contributed by atoms with Gasteiger partial charge in [-0.25, -0.2) is 0 Å². The van der Waals surface area contributed by atoms with E-state index in [1.54, 1.807) is 17.5 Å². The van der Waals surface area contributed by atoms with Gasteiger partial charge in [0.15, 0.2) is 5.78 Å². The summed E-state index contributed by atoms with van der Waals surface area (Å²) in [5.74, 6) is 0.0816. The van der Waals surface area contributed by atoms with Crippen LogP contribution in [-0.4, -0.2) is 10.8 Å². The lowest BCUT2D eigenvalue weighted by Crippen LogP contribution is -2.00. The minimum absolute atomic E-state index is 0.0816. The average Bonchev–Trinajstić information content (AvgIpc) is 2.94. The van der Waals surface area contributed by atoms with Crippen LogP contribution < -0.4 is 0 Å². The molecule has 0 spiro atoms. The van der Waals surface area contributed by atoms with Crippen LogP contribution in [0.5, 0.6) is 0 Å².